The highest BCUT2D eigenvalue weighted by molar-refractivity contribution is 9.10. The van der Waals surface area contributed by atoms with Crippen molar-refractivity contribution in [3.63, 3.8) is 0 Å². The van der Waals surface area contributed by atoms with Gasteiger partial charge in [0.15, 0.2) is 0 Å². The molecule has 6 heteroatoms. The molecule has 1 unspecified atom stereocenters. The largest absolute Gasteiger partial charge is 0.481 e. The molecular weight excluding hydrogens is 327 g/mol. The minimum Gasteiger partial charge on any atom is -0.481 e. The number of methoxy groups -OCH3 is 1. The van der Waals surface area contributed by atoms with E-state index in [1.807, 2.05) is 6.92 Å². The molecule has 1 aromatic heterocycles. The third-order valence-corrected chi connectivity index (χ3v) is 3.55. The maximum atomic E-state index is 13.4. The van der Waals surface area contributed by atoms with Gasteiger partial charge in [0, 0.05) is 17.9 Å². The standard InChI is InChI=1S/C14H16BrFN2O2/c1-8-13(14(20-3)18(2)17-8)12(19)6-9-4-10(15)7-11(16)5-9/h4-5,7,12,19H,6H2,1-3H3. The Morgan fingerprint density at radius 3 is 2.75 bits per heavy atom. The van der Waals surface area contributed by atoms with Gasteiger partial charge in [-0.05, 0) is 30.7 Å². The number of benzene rings is 1. The van der Waals surface area contributed by atoms with Crippen LogP contribution in [0.25, 0.3) is 0 Å². The summed E-state index contributed by atoms with van der Waals surface area (Å²) < 4.78 is 20.8. The number of hydrogen-bond donors (Lipinski definition) is 1. The van der Waals surface area contributed by atoms with Crippen molar-refractivity contribution in [2.24, 2.45) is 7.05 Å². The number of ether oxygens (including phenoxy) is 1. The normalized spacial score (nSPS) is 12.5. The second-order valence-corrected chi connectivity index (χ2v) is 5.55. The molecule has 1 heterocycles. The Morgan fingerprint density at radius 1 is 1.45 bits per heavy atom. The number of hydrogen-bond acceptors (Lipinski definition) is 3. The number of nitrogens with zero attached hydrogens (tertiary/aromatic N) is 2. The third kappa shape index (κ3) is 3.02. The Bertz CT molecular complexity index is 608. The first-order valence-electron chi connectivity index (χ1n) is 6.13. The van der Waals surface area contributed by atoms with Crippen LogP contribution in [0.3, 0.4) is 0 Å². The summed E-state index contributed by atoms with van der Waals surface area (Å²) >= 11 is 3.24. The molecule has 0 spiro atoms. The van der Waals surface area contributed by atoms with Crippen molar-refractivity contribution in [2.75, 3.05) is 7.11 Å². The van der Waals surface area contributed by atoms with Crippen LogP contribution >= 0.6 is 15.9 Å². The molecule has 0 amide bonds. The van der Waals surface area contributed by atoms with Gasteiger partial charge < -0.3 is 9.84 Å². The molecule has 0 saturated carbocycles. The van der Waals surface area contributed by atoms with Crippen LogP contribution in [-0.4, -0.2) is 22.0 Å². The lowest BCUT2D eigenvalue weighted by atomic mass is 10.0. The van der Waals surface area contributed by atoms with Crippen LogP contribution in [0.2, 0.25) is 0 Å². The summed E-state index contributed by atoms with van der Waals surface area (Å²) in [5.41, 5.74) is 2.04. The zero-order valence-electron chi connectivity index (χ0n) is 11.5. The topological polar surface area (TPSA) is 47.3 Å². The van der Waals surface area contributed by atoms with E-state index < -0.39 is 6.10 Å². The van der Waals surface area contributed by atoms with Gasteiger partial charge in [-0.1, -0.05) is 15.9 Å². The third-order valence-electron chi connectivity index (χ3n) is 3.09. The van der Waals surface area contributed by atoms with Crippen molar-refractivity contribution >= 4 is 15.9 Å². The van der Waals surface area contributed by atoms with Crippen molar-refractivity contribution in [2.45, 2.75) is 19.4 Å². The minimum atomic E-state index is -0.799. The predicted molar refractivity (Wildman–Crippen MR) is 77.3 cm³/mol. The van der Waals surface area contributed by atoms with Gasteiger partial charge in [-0.3, -0.25) is 0 Å². The SMILES string of the molecule is COc1c(C(O)Cc2cc(F)cc(Br)c2)c(C)nn1C. The summed E-state index contributed by atoms with van der Waals surface area (Å²) in [5, 5.41) is 14.6. The summed E-state index contributed by atoms with van der Waals surface area (Å²) in [6.07, 6.45) is -0.508. The highest BCUT2D eigenvalue weighted by Gasteiger charge is 2.22. The van der Waals surface area contributed by atoms with Crippen LogP contribution < -0.4 is 4.74 Å². The number of aryl methyl sites for hydroxylation is 2. The Balaban J connectivity index is 2.30. The number of rotatable bonds is 4. The highest BCUT2D eigenvalue weighted by Crippen LogP contribution is 2.30. The van der Waals surface area contributed by atoms with Crippen LogP contribution in [0, 0.1) is 12.7 Å². The van der Waals surface area contributed by atoms with Crippen LogP contribution in [0.5, 0.6) is 5.88 Å². The van der Waals surface area contributed by atoms with Crippen molar-refractivity contribution in [3.8, 4) is 5.88 Å². The number of halogens is 2. The summed E-state index contributed by atoms with van der Waals surface area (Å²) in [6.45, 7) is 1.81. The molecule has 2 rings (SSSR count). The van der Waals surface area contributed by atoms with Crippen LogP contribution in [-0.2, 0) is 13.5 Å². The van der Waals surface area contributed by atoms with Gasteiger partial charge >= 0.3 is 0 Å². The Morgan fingerprint density at radius 2 is 2.15 bits per heavy atom. The summed E-state index contributed by atoms with van der Waals surface area (Å²) in [7, 11) is 3.28. The molecular formula is C14H16BrFN2O2. The molecule has 2 aromatic rings. The molecule has 1 aromatic carbocycles. The van der Waals surface area contributed by atoms with Gasteiger partial charge in [0.2, 0.25) is 5.88 Å². The fourth-order valence-electron chi connectivity index (χ4n) is 2.33. The van der Waals surface area contributed by atoms with E-state index in [4.69, 9.17) is 4.74 Å². The molecule has 0 aliphatic carbocycles. The van der Waals surface area contributed by atoms with Crippen molar-refractivity contribution in [3.05, 3.63) is 45.3 Å². The average molecular weight is 343 g/mol. The van der Waals surface area contributed by atoms with Crippen molar-refractivity contribution < 1.29 is 14.2 Å². The minimum absolute atomic E-state index is 0.291. The molecule has 0 bridgehead atoms. The quantitative estimate of drug-likeness (QED) is 0.929. The molecule has 1 N–H and O–H groups in total. The van der Waals surface area contributed by atoms with Gasteiger partial charge in [-0.15, -0.1) is 0 Å². The number of aliphatic hydroxyl groups excluding tert-OH is 1. The number of aromatic nitrogens is 2. The summed E-state index contributed by atoms with van der Waals surface area (Å²) in [4.78, 5) is 0. The van der Waals surface area contributed by atoms with E-state index >= 15 is 0 Å². The second kappa shape index (κ2) is 5.93. The van der Waals surface area contributed by atoms with E-state index in [1.165, 1.54) is 19.2 Å². The molecule has 0 aliphatic rings. The van der Waals surface area contributed by atoms with Gasteiger partial charge in [-0.25, -0.2) is 9.07 Å². The van der Waals surface area contributed by atoms with Crippen LogP contribution in [0.15, 0.2) is 22.7 Å². The first kappa shape index (κ1) is 15.0. The summed E-state index contributed by atoms with van der Waals surface area (Å²) in [5.74, 6) is 0.182. The first-order chi connectivity index (χ1) is 9.42. The van der Waals surface area contributed by atoms with E-state index in [1.54, 1.807) is 17.8 Å². The number of aliphatic hydroxyl groups is 1. The lowest BCUT2D eigenvalue weighted by Gasteiger charge is -2.13. The van der Waals surface area contributed by atoms with Crippen LogP contribution in [0.4, 0.5) is 4.39 Å². The zero-order chi connectivity index (χ0) is 14.9. The fraction of sp³-hybridized carbons (Fsp3) is 0.357. The molecule has 0 saturated heterocycles. The van der Waals surface area contributed by atoms with Crippen molar-refractivity contribution in [1.29, 1.82) is 0 Å². The fourth-order valence-corrected chi connectivity index (χ4v) is 2.85. The maximum Gasteiger partial charge on any atom is 0.217 e. The van der Waals surface area contributed by atoms with Gasteiger partial charge in [0.05, 0.1) is 24.5 Å². The predicted octanol–water partition coefficient (Wildman–Crippen LogP) is 2.91. The van der Waals surface area contributed by atoms with Crippen LogP contribution in [0.1, 0.15) is 22.9 Å². The van der Waals surface area contributed by atoms with E-state index in [9.17, 15) is 9.50 Å². The Hall–Kier alpha value is -1.40. The van der Waals surface area contributed by atoms with E-state index in [2.05, 4.69) is 21.0 Å². The molecule has 108 valence electrons. The van der Waals surface area contributed by atoms with E-state index in [-0.39, 0.29) is 5.82 Å². The lowest BCUT2D eigenvalue weighted by Crippen LogP contribution is -2.05. The summed E-state index contributed by atoms with van der Waals surface area (Å²) in [6, 6.07) is 4.57. The molecule has 4 nitrogen and oxygen atoms in total. The second-order valence-electron chi connectivity index (χ2n) is 4.63. The average Bonchev–Trinajstić information content (AvgIpc) is 2.61. The van der Waals surface area contributed by atoms with E-state index in [0.29, 0.717) is 33.6 Å². The first-order valence-corrected chi connectivity index (χ1v) is 6.92. The van der Waals surface area contributed by atoms with Gasteiger partial charge in [0.25, 0.3) is 0 Å². The molecule has 0 radical (unpaired) electrons. The zero-order valence-corrected chi connectivity index (χ0v) is 13.1. The van der Waals surface area contributed by atoms with Gasteiger partial charge in [-0.2, -0.15) is 5.10 Å². The molecule has 0 aliphatic heterocycles. The Labute approximate surface area is 125 Å². The lowest BCUT2D eigenvalue weighted by molar-refractivity contribution is 0.172. The highest BCUT2D eigenvalue weighted by atomic mass is 79.9. The maximum absolute atomic E-state index is 13.4. The molecule has 1 atom stereocenters. The molecule has 0 fully saturated rings. The van der Waals surface area contributed by atoms with Crippen molar-refractivity contribution in [1.82, 2.24) is 9.78 Å². The smallest absolute Gasteiger partial charge is 0.217 e. The van der Waals surface area contributed by atoms with Gasteiger partial charge in [0.1, 0.15) is 5.82 Å². The monoisotopic (exact) mass is 342 g/mol. The molecule has 20 heavy (non-hydrogen) atoms. The Kier molecular flexibility index (Phi) is 4.45. The van der Waals surface area contributed by atoms with E-state index in [0.717, 1.165) is 0 Å².